The number of anilines is 1. The highest BCUT2D eigenvalue weighted by Crippen LogP contribution is 2.40. The van der Waals surface area contributed by atoms with Crippen molar-refractivity contribution in [3.8, 4) is 34.5 Å². The molecule has 0 saturated heterocycles. The highest BCUT2D eigenvalue weighted by atomic mass is 32.1. The van der Waals surface area contributed by atoms with E-state index in [0.717, 1.165) is 16.3 Å². The molecule has 0 aliphatic rings. The lowest BCUT2D eigenvalue weighted by atomic mass is 10.1. The molecule has 0 spiro atoms. The van der Waals surface area contributed by atoms with Crippen LogP contribution in [0.5, 0.6) is 34.5 Å². The third-order valence-corrected chi connectivity index (χ3v) is 6.63. The molecule has 4 rings (SSSR count). The number of nitrogens with zero attached hydrogens (tertiary/aromatic N) is 3. The fourth-order valence-corrected chi connectivity index (χ4v) is 4.74. The molecule has 4 aromatic rings. The first-order valence-corrected chi connectivity index (χ1v) is 12.2. The third-order valence-electron chi connectivity index (χ3n) is 5.63. The van der Waals surface area contributed by atoms with Gasteiger partial charge in [0, 0.05) is 11.1 Å². The minimum Gasteiger partial charge on any atom is -0.493 e. The monoisotopic (exact) mass is 555 g/mol. The zero-order valence-electron chi connectivity index (χ0n) is 22.1. The van der Waals surface area contributed by atoms with Crippen molar-refractivity contribution in [2.75, 3.05) is 47.7 Å². The molecule has 1 amide bonds. The number of hydrogen-bond acceptors (Lipinski definition) is 10. The topological polar surface area (TPSA) is 101 Å². The molecule has 0 unspecified atom stereocenters. The van der Waals surface area contributed by atoms with Gasteiger partial charge in [-0.15, -0.1) is 0 Å². The van der Waals surface area contributed by atoms with Gasteiger partial charge >= 0.3 is 0 Å². The van der Waals surface area contributed by atoms with E-state index in [0.29, 0.717) is 50.3 Å². The molecule has 0 N–H and O–H groups in total. The quantitative estimate of drug-likeness (QED) is 0.195. The summed E-state index contributed by atoms with van der Waals surface area (Å²) >= 11 is 1.11. The van der Waals surface area contributed by atoms with Crippen LogP contribution in [0.2, 0.25) is 0 Å². The van der Waals surface area contributed by atoms with Gasteiger partial charge in [0.2, 0.25) is 16.6 Å². The molecule has 39 heavy (non-hydrogen) atoms. The molecule has 10 nitrogen and oxygen atoms in total. The average molecular weight is 556 g/mol. The van der Waals surface area contributed by atoms with Gasteiger partial charge in [0.25, 0.3) is 5.91 Å². The zero-order chi connectivity index (χ0) is 28.1. The maximum absolute atomic E-state index is 13.9. The largest absolute Gasteiger partial charge is 0.493 e. The van der Waals surface area contributed by atoms with Gasteiger partial charge < -0.3 is 28.4 Å². The first-order chi connectivity index (χ1) is 18.9. The van der Waals surface area contributed by atoms with E-state index in [-0.39, 0.29) is 10.7 Å². The number of benzene rings is 3. The van der Waals surface area contributed by atoms with Gasteiger partial charge in [-0.1, -0.05) is 11.3 Å². The Balaban J connectivity index is 1.84. The Labute approximate surface area is 228 Å². The number of carbonyl (C=O) groups is 1. The van der Waals surface area contributed by atoms with Crippen LogP contribution in [0.4, 0.5) is 9.52 Å². The predicted molar refractivity (Wildman–Crippen MR) is 146 cm³/mol. The molecule has 0 fully saturated rings. The van der Waals surface area contributed by atoms with E-state index < -0.39 is 11.7 Å². The van der Waals surface area contributed by atoms with Crippen LogP contribution in [-0.4, -0.2) is 59.8 Å². The minimum atomic E-state index is -0.544. The van der Waals surface area contributed by atoms with E-state index in [1.54, 1.807) is 12.1 Å². The van der Waals surface area contributed by atoms with Crippen LogP contribution in [0, 0.1) is 5.82 Å². The second-order valence-corrected chi connectivity index (χ2v) is 8.85. The second kappa shape index (κ2) is 11.9. The van der Waals surface area contributed by atoms with E-state index in [1.807, 2.05) is 0 Å². The van der Waals surface area contributed by atoms with Crippen molar-refractivity contribution in [2.45, 2.75) is 0 Å². The number of hydrogen-bond donors (Lipinski definition) is 0. The van der Waals surface area contributed by atoms with Crippen molar-refractivity contribution < 1.29 is 37.6 Å². The van der Waals surface area contributed by atoms with E-state index in [9.17, 15) is 9.18 Å². The fourth-order valence-electron chi connectivity index (χ4n) is 3.79. The molecule has 0 saturated carbocycles. The van der Waals surface area contributed by atoms with E-state index >= 15 is 0 Å². The molecule has 3 aromatic carbocycles. The molecule has 1 heterocycles. The first kappa shape index (κ1) is 27.5. The van der Waals surface area contributed by atoms with E-state index in [4.69, 9.17) is 28.4 Å². The molecule has 0 radical (unpaired) electrons. The Hall–Kier alpha value is -4.58. The van der Waals surface area contributed by atoms with Gasteiger partial charge in [0.1, 0.15) is 5.82 Å². The van der Waals surface area contributed by atoms with Gasteiger partial charge in [-0.25, -0.2) is 9.37 Å². The van der Waals surface area contributed by atoms with Crippen LogP contribution in [-0.2, 0) is 0 Å². The third kappa shape index (κ3) is 5.50. The van der Waals surface area contributed by atoms with E-state index in [1.165, 1.54) is 79.2 Å². The maximum atomic E-state index is 13.9. The number of rotatable bonds is 10. The summed E-state index contributed by atoms with van der Waals surface area (Å²) in [6.45, 7) is 0. The summed E-state index contributed by atoms with van der Waals surface area (Å²) in [5, 5.41) is 5.80. The second-order valence-electron chi connectivity index (χ2n) is 7.84. The lowest BCUT2D eigenvalue weighted by Crippen LogP contribution is -2.25. The fraction of sp³-hybridized carbons (Fsp3) is 0.222. The molecular formula is C27H26FN3O7S. The molecule has 0 atom stereocenters. The lowest BCUT2D eigenvalue weighted by molar-refractivity contribution is 0.0987. The van der Waals surface area contributed by atoms with Crippen molar-refractivity contribution in [1.82, 2.24) is 4.98 Å². The van der Waals surface area contributed by atoms with Crippen molar-refractivity contribution in [3.05, 3.63) is 59.4 Å². The van der Waals surface area contributed by atoms with Crippen LogP contribution in [0.1, 0.15) is 15.9 Å². The number of ether oxygens (including phenoxy) is 6. The Morgan fingerprint density at radius 3 is 1.87 bits per heavy atom. The zero-order valence-corrected chi connectivity index (χ0v) is 22.9. The summed E-state index contributed by atoms with van der Waals surface area (Å²) in [5.41, 5.74) is 1.26. The van der Waals surface area contributed by atoms with E-state index in [2.05, 4.69) is 10.1 Å². The molecule has 12 heteroatoms. The number of fused-ring (bicyclic) bond motifs is 1. The Bertz CT molecular complexity index is 1490. The Morgan fingerprint density at radius 2 is 1.36 bits per heavy atom. The summed E-state index contributed by atoms with van der Waals surface area (Å²) in [5.74, 6) is 1.20. The van der Waals surface area contributed by atoms with Gasteiger partial charge in [-0.05, 0) is 42.5 Å². The summed E-state index contributed by atoms with van der Waals surface area (Å²) in [6, 6.07) is 10.6. The molecular weight excluding hydrogens is 529 g/mol. The summed E-state index contributed by atoms with van der Waals surface area (Å²) in [6.07, 6.45) is 1.45. The molecule has 0 bridgehead atoms. The number of hydrazone groups is 1. The summed E-state index contributed by atoms with van der Waals surface area (Å²) in [7, 11) is 8.87. The number of amides is 1. The van der Waals surface area contributed by atoms with Crippen LogP contribution in [0.25, 0.3) is 10.2 Å². The first-order valence-electron chi connectivity index (χ1n) is 11.4. The van der Waals surface area contributed by atoms with Crippen LogP contribution in [0.15, 0.2) is 47.6 Å². The highest BCUT2D eigenvalue weighted by molar-refractivity contribution is 7.22. The number of aromatic nitrogens is 1. The number of methoxy groups -OCH3 is 6. The summed E-state index contributed by atoms with van der Waals surface area (Å²) in [4.78, 5) is 18.4. The van der Waals surface area contributed by atoms with Crippen molar-refractivity contribution >= 4 is 38.8 Å². The summed E-state index contributed by atoms with van der Waals surface area (Å²) < 4.78 is 46.8. The smallest absolute Gasteiger partial charge is 0.281 e. The molecule has 0 aliphatic heterocycles. The molecule has 0 aliphatic carbocycles. The average Bonchev–Trinajstić information content (AvgIpc) is 3.38. The molecule has 1 aromatic heterocycles. The lowest BCUT2D eigenvalue weighted by Gasteiger charge is -2.17. The minimum absolute atomic E-state index is 0.192. The van der Waals surface area contributed by atoms with Gasteiger partial charge in [0.15, 0.2) is 23.0 Å². The standard InChI is InChI=1S/C27H26FN3O7S/c1-33-19-9-15(10-20(34-2)24(19)37-5)14-29-31(27-30-18-8-7-17(28)13-23(18)39-27)26(32)16-11-21(35-3)25(38-6)22(12-16)36-4/h7-14H,1-6H3/b29-14+. The number of halogens is 1. The highest BCUT2D eigenvalue weighted by Gasteiger charge is 2.25. The SMILES string of the molecule is COc1cc(/C=N/N(C(=O)c2cc(OC)c(OC)c(OC)c2)c2nc3ccc(F)cc3s2)cc(OC)c1OC. The maximum Gasteiger partial charge on any atom is 0.281 e. The number of thiazole rings is 1. The van der Waals surface area contributed by atoms with Crippen molar-refractivity contribution in [3.63, 3.8) is 0 Å². The normalized spacial score (nSPS) is 10.9. The van der Waals surface area contributed by atoms with Crippen molar-refractivity contribution in [1.29, 1.82) is 0 Å². The number of carbonyl (C=O) groups excluding carboxylic acids is 1. The Kier molecular flexibility index (Phi) is 8.35. The predicted octanol–water partition coefficient (Wildman–Crippen LogP) is 5.17. The van der Waals surface area contributed by atoms with Gasteiger partial charge in [-0.2, -0.15) is 10.1 Å². The van der Waals surface area contributed by atoms with Crippen LogP contribution < -0.4 is 33.4 Å². The van der Waals surface area contributed by atoms with Gasteiger partial charge in [-0.3, -0.25) is 4.79 Å². The van der Waals surface area contributed by atoms with Gasteiger partial charge in [0.05, 0.1) is 59.1 Å². The van der Waals surface area contributed by atoms with Crippen LogP contribution in [0.3, 0.4) is 0 Å². The Morgan fingerprint density at radius 1 is 0.821 bits per heavy atom. The van der Waals surface area contributed by atoms with Crippen molar-refractivity contribution in [2.24, 2.45) is 5.10 Å². The molecule has 204 valence electrons. The van der Waals surface area contributed by atoms with Crippen LogP contribution >= 0.6 is 11.3 Å².